The number of nitrogens with zero attached hydrogens (tertiary/aromatic N) is 1. The zero-order valence-electron chi connectivity index (χ0n) is 10.3. The molecule has 0 amide bonds. The van der Waals surface area contributed by atoms with E-state index in [2.05, 4.69) is 12.1 Å². The van der Waals surface area contributed by atoms with E-state index in [0.717, 1.165) is 18.6 Å². The van der Waals surface area contributed by atoms with E-state index in [4.69, 9.17) is 4.84 Å². The van der Waals surface area contributed by atoms with Crippen LogP contribution in [0.15, 0.2) is 5.16 Å². The molecule has 16 heavy (non-hydrogen) atoms. The van der Waals surface area contributed by atoms with Crippen LogP contribution in [0.4, 0.5) is 0 Å². The largest absolute Gasteiger partial charge is 0.481 e. The highest BCUT2D eigenvalue weighted by molar-refractivity contribution is 6.00. The lowest BCUT2D eigenvalue weighted by atomic mass is 9.65. The maximum Gasteiger partial charge on any atom is 0.310 e. The van der Waals surface area contributed by atoms with Crippen molar-refractivity contribution in [2.45, 2.75) is 40.0 Å². The fourth-order valence-corrected chi connectivity index (χ4v) is 3.60. The van der Waals surface area contributed by atoms with E-state index >= 15 is 0 Å². The van der Waals surface area contributed by atoms with Crippen LogP contribution in [0.2, 0.25) is 0 Å². The highest BCUT2D eigenvalue weighted by Crippen LogP contribution is 2.70. The number of fused-ring (bicyclic) bond motifs is 2. The zero-order valence-corrected chi connectivity index (χ0v) is 10.3. The third kappa shape index (κ3) is 0.955. The van der Waals surface area contributed by atoms with Crippen molar-refractivity contribution in [2.75, 3.05) is 7.11 Å². The minimum Gasteiger partial charge on any atom is -0.481 e. The molecule has 0 saturated heterocycles. The molecule has 2 atom stereocenters. The third-order valence-corrected chi connectivity index (χ3v) is 5.34. The van der Waals surface area contributed by atoms with Crippen LogP contribution in [0.1, 0.15) is 40.0 Å². The molecule has 2 aliphatic carbocycles. The number of carboxylic acids is 1. The highest BCUT2D eigenvalue weighted by Gasteiger charge is 2.72. The van der Waals surface area contributed by atoms with E-state index in [1.165, 1.54) is 7.11 Å². The summed E-state index contributed by atoms with van der Waals surface area (Å²) in [6.45, 7) is 6.21. The molecule has 2 bridgehead atoms. The van der Waals surface area contributed by atoms with Crippen LogP contribution in [-0.2, 0) is 9.63 Å². The van der Waals surface area contributed by atoms with Gasteiger partial charge in [0.2, 0.25) is 0 Å². The minimum atomic E-state index is -0.692. The molecule has 2 fully saturated rings. The summed E-state index contributed by atoms with van der Waals surface area (Å²) in [7, 11) is 1.52. The summed E-state index contributed by atoms with van der Waals surface area (Å²) in [6, 6.07) is 0. The quantitative estimate of drug-likeness (QED) is 0.733. The predicted molar refractivity (Wildman–Crippen MR) is 60.3 cm³/mol. The smallest absolute Gasteiger partial charge is 0.310 e. The van der Waals surface area contributed by atoms with E-state index in [9.17, 15) is 9.90 Å². The lowest BCUT2D eigenvalue weighted by Gasteiger charge is -2.37. The van der Waals surface area contributed by atoms with Gasteiger partial charge in [-0.3, -0.25) is 4.79 Å². The summed E-state index contributed by atoms with van der Waals surface area (Å²) in [5.41, 5.74) is -0.141. The molecule has 2 unspecified atom stereocenters. The second-order valence-electron chi connectivity index (χ2n) is 5.74. The maximum atomic E-state index is 11.6. The molecule has 0 radical (unpaired) electrons. The number of oxime groups is 1. The van der Waals surface area contributed by atoms with E-state index in [-0.39, 0.29) is 10.8 Å². The Morgan fingerprint density at radius 2 is 2.00 bits per heavy atom. The Morgan fingerprint density at radius 1 is 1.38 bits per heavy atom. The standard InChI is InChI=1S/C12H19NO3/c1-10(2)11(3)5-6-12(10,9(14)15)7-8(11)13-16-4/h5-7H2,1-4H3,(H,14,15)/b13-8+. The topological polar surface area (TPSA) is 58.9 Å². The van der Waals surface area contributed by atoms with Crippen LogP contribution < -0.4 is 0 Å². The number of rotatable bonds is 2. The summed E-state index contributed by atoms with van der Waals surface area (Å²) in [5.74, 6) is -0.692. The van der Waals surface area contributed by atoms with Crippen molar-refractivity contribution in [2.24, 2.45) is 21.4 Å². The van der Waals surface area contributed by atoms with Gasteiger partial charge in [0.15, 0.2) is 0 Å². The van der Waals surface area contributed by atoms with Gasteiger partial charge in [0, 0.05) is 11.8 Å². The monoisotopic (exact) mass is 225 g/mol. The lowest BCUT2D eigenvalue weighted by molar-refractivity contribution is -0.154. The minimum absolute atomic E-state index is 0.137. The molecule has 0 aromatic rings. The van der Waals surface area contributed by atoms with Crippen molar-refractivity contribution in [3.63, 3.8) is 0 Å². The van der Waals surface area contributed by atoms with Crippen molar-refractivity contribution in [3.8, 4) is 0 Å². The first kappa shape index (κ1) is 11.4. The predicted octanol–water partition coefficient (Wildman–Crippen LogP) is 2.29. The molecule has 0 aromatic carbocycles. The van der Waals surface area contributed by atoms with Gasteiger partial charge >= 0.3 is 5.97 Å². The van der Waals surface area contributed by atoms with Crippen molar-refractivity contribution in [1.29, 1.82) is 0 Å². The van der Waals surface area contributed by atoms with E-state index in [1.54, 1.807) is 0 Å². The third-order valence-electron chi connectivity index (χ3n) is 5.34. The van der Waals surface area contributed by atoms with Gasteiger partial charge in [-0.1, -0.05) is 25.9 Å². The van der Waals surface area contributed by atoms with E-state index < -0.39 is 11.4 Å². The fraction of sp³-hybridized carbons (Fsp3) is 0.833. The van der Waals surface area contributed by atoms with Gasteiger partial charge in [0.25, 0.3) is 0 Å². The summed E-state index contributed by atoms with van der Waals surface area (Å²) < 4.78 is 0. The molecule has 0 aromatic heterocycles. The normalized spacial score (nSPS) is 42.6. The van der Waals surface area contributed by atoms with Gasteiger partial charge in [0.1, 0.15) is 7.11 Å². The van der Waals surface area contributed by atoms with Crippen LogP contribution in [0.3, 0.4) is 0 Å². The average Bonchev–Trinajstić information content (AvgIpc) is 2.48. The van der Waals surface area contributed by atoms with Crippen LogP contribution in [0.25, 0.3) is 0 Å². The SMILES string of the molecule is CO/N=C1\CC2(C(=O)O)CCC1(C)C2(C)C. The summed E-state index contributed by atoms with van der Waals surface area (Å²) >= 11 is 0. The molecular formula is C12H19NO3. The number of aliphatic carboxylic acids is 1. The molecule has 90 valence electrons. The number of carbonyl (C=O) groups is 1. The molecule has 0 spiro atoms. The average molecular weight is 225 g/mol. The van der Waals surface area contributed by atoms with Crippen molar-refractivity contribution >= 4 is 11.7 Å². The Kier molecular flexibility index (Phi) is 2.14. The van der Waals surface area contributed by atoms with Gasteiger partial charge in [0.05, 0.1) is 11.1 Å². The van der Waals surface area contributed by atoms with Gasteiger partial charge in [-0.2, -0.15) is 0 Å². The Morgan fingerprint density at radius 3 is 2.44 bits per heavy atom. The molecule has 2 rings (SSSR count). The summed E-state index contributed by atoms with van der Waals surface area (Å²) in [6.07, 6.45) is 2.16. The molecule has 0 aliphatic heterocycles. The van der Waals surface area contributed by atoms with Crippen molar-refractivity contribution < 1.29 is 14.7 Å². The van der Waals surface area contributed by atoms with Crippen molar-refractivity contribution in [1.82, 2.24) is 0 Å². The van der Waals surface area contributed by atoms with Crippen LogP contribution >= 0.6 is 0 Å². The molecule has 4 heteroatoms. The van der Waals surface area contributed by atoms with Crippen molar-refractivity contribution in [3.05, 3.63) is 0 Å². The fourth-order valence-electron chi connectivity index (χ4n) is 3.60. The zero-order chi connectivity index (χ0) is 12.2. The Hall–Kier alpha value is -1.06. The number of hydrogen-bond donors (Lipinski definition) is 1. The first-order chi connectivity index (χ1) is 7.32. The van der Waals surface area contributed by atoms with Crippen LogP contribution in [-0.4, -0.2) is 23.9 Å². The highest BCUT2D eigenvalue weighted by atomic mass is 16.6. The van der Waals surface area contributed by atoms with Crippen LogP contribution in [0, 0.1) is 16.2 Å². The Bertz CT molecular complexity index is 374. The summed E-state index contributed by atoms with van der Waals surface area (Å²) in [5, 5.41) is 13.6. The summed E-state index contributed by atoms with van der Waals surface area (Å²) in [4.78, 5) is 16.4. The van der Waals surface area contributed by atoms with E-state index in [0.29, 0.717) is 6.42 Å². The van der Waals surface area contributed by atoms with Gasteiger partial charge in [-0.05, 0) is 18.3 Å². The lowest BCUT2D eigenvalue weighted by Crippen LogP contribution is -2.40. The second-order valence-corrected chi connectivity index (χ2v) is 5.74. The molecule has 2 aliphatic rings. The second kappa shape index (κ2) is 2.99. The molecule has 1 N–H and O–H groups in total. The van der Waals surface area contributed by atoms with E-state index in [1.807, 2.05) is 13.8 Å². The molecule has 0 heterocycles. The Balaban J connectivity index is 2.55. The first-order valence-corrected chi connectivity index (χ1v) is 5.66. The molecular weight excluding hydrogens is 206 g/mol. The van der Waals surface area contributed by atoms with Gasteiger partial charge in [-0.25, -0.2) is 0 Å². The number of hydrogen-bond acceptors (Lipinski definition) is 3. The van der Waals surface area contributed by atoms with Gasteiger partial charge < -0.3 is 9.94 Å². The number of carboxylic acid groups (broad SMARTS) is 1. The first-order valence-electron chi connectivity index (χ1n) is 5.66. The van der Waals surface area contributed by atoms with Gasteiger partial charge in [-0.15, -0.1) is 0 Å². The molecule has 2 saturated carbocycles. The molecule has 4 nitrogen and oxygen atoms in total. The Labute approximate surface area is 95.7 Å². The van der Waals surface area contributed by atoms with Crippen LogP contribution in [0.5, 0.6) is 0 Å². The maximum absolute atomic E-state index is 11.6.